The van der Waals surface area contributed by atoms with E-state index in [2.05, 4.69) is 5.32 Å². The molecule has 1 unspecified atom stereocenters. The summed E-state index contributed by atoms with van der Waals surface area (Å²) in [6, 6.07) is 9.64. The first-order chi connectivity index (χ1) is 11.6. The van der Waals surface area contributed by atoms with E-state index in [1.54, 1.807) is 17.4 Å². The highest BCUT2D eigenvalue weighted by Gasteiger charge is 2.08. The molecule has 128 valence electrons. The van der Waals surface area contributed by atoms with Gasteiger partial charge in [-0.15, -0.1) is 11.3 Å². The normalized spacial score (nSPS) is 12.1. The molecule has 0 saturated carbocycles. The van der Waals surface area contributed by atoms with Crippen molar-refractivity contribution < 1.29 is 14.3 Å². The number of hydrogen-bond donors (Lipinski definition) is 1. The molecule has 1 aromatic carbocycles. The Morgan fingerprint density at radius 1 is 1.21 bits per heavy atom. The quantitative estimate of drug-likeness (QED) is 0.720. The van der Waals surface area contributed by atoms with Gasteiger partial charge >= 0.3 is 0 Å². The first-order valence-electron chi connectivity index (χ1n) is 8.05. The summed E-state index contributed by atoms with van der Waals surface area (Å²) in [5.74, 6) is 1.28. The molecule has 1 N–H and O–H groups in total. The smallest absolute Gasteiger partial charge is 0.244 e. The van der Waals surface area contributed by atoms with Crippen LogP contribution in [-0.2, 0) is 4.79 Å². The average molecular weight is 345 g/mol. The fraction of sp³-hybridized carbons (Fsp3) is 0.316. The van der Waals surface area contributed by atoms with E-state index in [-0.39, 0.29) is 11.9 Å². The predicted octanol–water partition coefficient (Wildman–Crippen LogP) is 4.44. The van der Waals surface area contributed by atoms with Gasteiger partial charge in [0.1, 0.15) is 0 Å². The molecule has 1 amide bonds. The fourth-order valence-electron chi connectivity index (χ4n) is 2.21. The van der Waals surface area contributed by atoms with Gasteiger partial charge in [0, 0.05) is 11.0 Å². The number of hydrogen-bond acceptors (Lipinski definition) is 4. The van der Waals surface area contributed by atoms with Crippen LogP contribution in [0.1, 0.15) is 37.3 Å². The van der Waals surface area contributed by atoms with Crippen LogP contribution in [0, 0.1) is 0 Å². The minimum atomic E-state index is -0.122. The highest BCUT2D eigenvalue weighted by molar-refractivity contribution is 7.10. The summed E-state index contributed by atoms with van der Waals surface area (Å²) in [6.07, 6.45) is 3.31. The Morgan fingerprint density at radius 2 is 1.96 bits per heavy atom. The van der Waals surface area contributed by atoms with Gasteiger partial charge in [-0.2, -0.15) is 0 Å². The van der Waals surface area contributed by atoms with Gasteiger partial charge in [-0.25, -0.2) is 0 Å². The van der Waals surface area contributed by atoms with Crippen LogP contribution in [0.5, 0.6) is 11.5 Å². The lowest BCUT2D eigenvalue weighted by Crippen LogP contribution is -2.23. The number of carbonyl (C=O) groups is 1. The third-order valence-corrected chi connectivity index (χ3v) is 4.38. The van der Waals surface area contributed by atoms with Crippen molar-refractivity contribution in [1.29, 1.82) is 0 Å². The molecule has 2 aromatic rings. The summed E-state index contributed by atoms with van der Waals surface area (Å²) in [4.78, 5) is 13.2. The molecule has 5 heteroatoms. The number of nitrogens with one attached hydrogen (secondary N) is 1. The maximum absolute atomic E-state index is 12.1. The minimum Gasteiger partial charge on any atom is -0.490 e. The van der Waals surface area contributed by atoms with Gasteiger partial charge in [0.05, 0.1) is 19.3 Å². The van der Waals surface area contributed by atoms with E-state index >= 15 is 0 Å². The molecular weight excluding hydrogens is 322 g/mol. The zero-order valence-corrected chi connectivity index (χ0v) is 15.1. The third-order valence-electron chi connectivity index (χ3n) is 3.32. The maximum atomic E-state index is 12.1. The van der Waals surface area contributed by atoms with Crippen molar-refractivity contribution in [2.24, 2.45) is 0 Å². The predicted molar refractivity (Wildman–Crippen MR) is 98.7 cm³/mol. The molecule has 2 rings (SSSR count). The molecule has 1 aromatic heterocycles. The van der Waals surface area contributed by atoms with Crippen molar-refractivity contribution in [2.45, 2.75) is 26.8 Å². The van der Waals surface area contributed by atoms with E-state index in [0.717, 1.165) is 10.4 Å². The lowest BCUT2D eigenvalue weighted by Gasteiger charge is -2.11. The molecule has 24 heavy (non-hydrogen) atoms. The van der Waals surface area contributed by atoms with Crippen LogP contribution in [0.25, 0.3) is 6.08 Å². The summed E-state index contributed by atoms with van der Waals surface area (Å²) in [7, 11) is 0. The molecule has 0 aliphatic heterocycles. The molecule has 0 saturated heterocycles. The van der Waals surface area contributed by atoms with Crippen LogP contribution in [0.4, 0.5) is 0 Å². The summed E-state index contributed by atoms with van der Waals surface area (Å²) in [6.45, 7) is 6.98. The van der Waals surface area contributed by atoms with Gasteiger partial charge in [-0.05, 0) is 56.0 Å². The number of carbonyl (C=O) groups excluding carboxylic acids is 1. The van der Waals surface area contributed by atoms with Gasteiger partial charge in [0.2, 0.25) is 5.91 Å². The highest BCUT2D eigenvalue weighted by atomic mass is 32.1. The van der Waals surface area contributed by atoms with Crippen molar-refractivity contribution in [2.75, 3.05) is 13.2 Å². The second kappa shape index (κ2) is 9.13. The van der Waals surface area contributed by atoms with E-state index in [4.69, 9.17) is 9.47 Å². The van der Waals surface area contributed by atoms with Gasteiger partial charge in [-0.3, -0.25) is 4.79 Å². The Labute approximate surface area is 147 Å². The first-order valence-corrected chi connectivity index (χ1v) is 8.93. The zero-order valence-electron chi connectivity index (χ0n) is 14.2. The van der Waals surface area contributed by atoms with Crippen molar-refractivity contribution in [3.8, 4) is 11.5 Å². The van der Waals surface area contributed by atoms with E-state index in [0.29, 0.717) is 24.7 Å². The number of amides is 1. The minimum absolute atomic E-state index is 0.00136. The lowest BCUT2D eigenvalue weighted by molar-refractivity contribution is -0.117. The van der Waals surface area contributed by atoms with E-state index < -0.39 is 0 Å². The maximum Gasteiger partial charge on any atom is 0.244 e. The second-order valence-electron chi connectivity index (χ2n) is 5.15. The van der Waals surface area contributed by atoms with Gasteiger partial charge in [0.15, 0.2) is 11.5 Å². The Bertz CT molecular complexity index is 680. The standard InChI is InChI=1S/C19H23NO3S/c1-4-22-16-10-8-15(13-17(16)23-5-2)9-11-19(21)20-14(3)18-7-6-12-24-18/h6-14H,4-5H2,1-3H3,(H,20,21)/b11-9+. The van der Waals surface area contributed by atoms with Gasteiger partial charge in [-0.1, -0.05) is 12.1 Å². The molecular formula is C19H23NO3S. The topological polar surface area (TPSA) is 47.6 Å². The largest absolute Gasteiger partial charge is 0.490 e. The van der Waals surface area contributed by atoms with Crippen LogP contribution in [0.3, 0.4) is 0 Å². The Morgan fingerprint density at radius 3 is 2.62 bits per heavy atom. The first kappa shape index (κ1) is 18.1. The molecule has 0 aliphatic rings. The third kappa shape index (κ3) is 5.13. The Kier molecular flexibility index (Phi) is 6.88. The van der Waals surface area contributed by atoms with Crippen molar-refractivity contribution in [3.63, 3.8) is 0 Å². The zero-order chi connectivity index (χ0) is 17.4. The van der Waals surface area contributed by atoms with E-state index in [1.807, 2.05) is 56.5 Å². The molecule has 0 radical (unpaired) electrons. The van der Waals surface area contributed by atoms with Crippen LogP contribution in [0.2, 0.25) is 0 Å². The molecule has 1 heterocycles. The number of thiophene rings is 1. The number of rotatable bonds is 8. The molecule has 0 aliphatic carbocycles. The number of benzene rings is 1. The van der Waals surface area contributed by atoms with E-state index in [1.165, 1.54) is 6.08 Å². The summed E-state index contributed by atoms with van der Waals surface area (Å²) in [5.41, 5.74) is 0.890. The molecule has 1 atom stereocenters. The molecule has 0 fully saturated rings. The lowest BCUT2D eigenvalue weighted by atomic mass is 10.2. The number of ether oxygens (including phenoxy) is 2. The summed E-state index contributed by atoms with van der Waals surface area (Å²) < 4.78 is 11.1. The van der Waals surface area contributed by atoms with Crippen LogP contribution in [-0.4, -0.2) is 19.1 Å². The molecule has 0 bridgehead atoms. The van der Waals surface area contributed by atoms with Crippen molar-refractivity contribution >= 4 is 23.3 Å². The van der Waals surface area contributed by atoms with E-state index in [9.17, 15) is 4.79 Å². The van der Waals surface area contributed by atoms with Crippen molar-refractivity contribution in [3.05, 3.63) is 52.2 Å². The van der Waals surface area contributed by atoms with Gasteiger partial charge in [0.25, 0.3) is 0 Å². The monoisotopic (exact) mass is 345 g/mol. The Balaban J connectivity index is 2.02. The summed E-state index contributed by atoms with van der Waals surface area (Å²) in [5, 5.41) is 4.96. The fourth-order valence-corrected chi connectivity index (χ4v) is 2.95. The van der Waals surface area contributed by atoms with Crippen molar-refractivity contribution in [1.82, 2.24) is 5.32 Å². The SMILES string of the molecule is CCOc1ccc(/C=C/C(=O)NC(C)c2cccs2)cc1OCC. The molecule has 4 nitrogen and oxygen atoms in total. The second-order valence-corrected chi connectivity index (χ2v) is 6.13. The highest BCUT2D eigenvalue weighted by Crippen LogP contribution is 2.29. The Hall–Kier alpha value is -2.27. The summed E-state index contributed by atoms with van der Waals surface area (Å²) >= 11 is 1.63. The molecule has 0 spiro atoms. The van der Waals surface area contributed by atoms with Crippen LogP contribution >= 0.6 is 11.3 Å². The van der Waals surface area contributed by atoms with Crippen LogP contribution in [0.15, 0.2) is 41.8 Å². The van der Waals surface area contributed by atoms with Gasteiger partial charge < -0.3 is 14.8 Å². The van der Waals surface area contributed by atoms with Crippen LogP contribution < -0.4 is 14.8 Å². The average Bonchev–Trinajstić information content (AvgIpc) is 3.10.